The van der Waals surface area contributed by atoms with Gasteiger partial charge in [-0.1, -0.05) is 29.8 Å². The number of carbonyl (C=O) groups is 2. The van der Waals surface area contributed by atoms with Crippen LogP contribution in [0.15, 0.2) is 54.7 Å². The minimum atomic E-state index is -6.28. The molecular weight excluding hydrogens is 531 g/mol. The number of benzene rings is 2. The Hall–Kier alpha value is -3.67. The normalized spacial score (nSPS) is 12.3. The first-order valence-corrected chi connectivity index (χ1v) is 10.7. The molecule has 0 radical (unpaired) electrons. The Labute approximate surface area is 210 Å². The molecule has 0 saturated heterocycles. The van der Waals surface area contributed by atoms with Gasteiger partial charge in [-0.05, 0) is 55.3 Å². The summed E-state index contributed by atoms with van der Waals surface area (Å²) in [6.45, 7) is 2.18. The first-order chi connectivity index (χ1) is 17.1. The summed E-state index contributed by atoms with van der Waals surface area (Å²) in [4.78, 5) is 29.1. The number of pyridine rings is 1. The standard InChI is InChI=1S/C24H17ClF7N3O2/c1-12-9-14(22(26,23(27,28)29)24(30,31)32)10-13(2)18(12)21(37)35-16-6-3-5-15(11-16)34-20(36)17-7-4-8-33-19(17)25/h3-11H,1-2H3,(H,34,36)(H,35,37). The Morgan fingerprint density at radius 3 is 1.78 bits per heavy atom. The molecule has 196 valence electrons. The molecule has 3 aromatic rings. The second-order valence-electron chi connectivity index (χ2n) is 7.97. The van der Waals surface area contributed by atoms with Gasteiger partial charge in [0.15, 0.2) is 0 Å². The van der Waals surface area contributed by atoms with Crippen molar-refractivity contribution in [1.29, 1.82) is 0 Å². The molecule has 13 heteroatoms. The van der Waals surface area contributed by atoms with Crippen LogP contribution < -0.4 is 10.6 Å². The molecule has 0 aliphatic heterocycles. The van der Waals surface area contributed by atoms with Crippen LogP contribution in [0.25, 0.3) is 0 Å². The second-order valence-corrected chi connectivity index (χ2v) is 8.33. The van der Waals surface area contributed by atoms with Gasteiger partial charge in [-0.2, -0.15) is 26.3 Å². The molecule has 1 aromatic heterocycles. The van der Waals surface area contributed by atoms with Crippen molar-refractivity contribution in [3.8, 4) is 0 Å². The largest absolute Gasteiger partial charge is 0.435 e. The van der Waals surface area contributed by atoms with Gasteiger partial charge >= 0.3 is 18.0 Å². The summed E-state index contributed by atoms with van der Waals surface area (Å²) in [6.07, 6.45) is -11.2. The van der Waals surface area contributed by atoms with Crippen LogP contribution in [0.4, 0.5) is 42.1 Å². The van der Waals surface area contributed by atoms with E-state index in [0.717, 1.165) is 13.8 Å². The quantitative estimate of drug-likeness (QED) is 0.263. The van der Waals surface area contributed by atoms with Gasteiger partial charge in [0.05, 0.1) is 5.56 Å². The number of halogens is 8. The van der Waals surface area contributed by atoms with Gasteiger partial charge in [0.2, 0.25) is 0 Å². The van der Waals surface area contributed by atoms with Crippen molar-refractivity contribution in [3.05, 3.63) is 87.7 Å². The number of amides is 2. The van der Waals surface area contributed by atoms with E-state index in [1.165, 1.54) is 42.6 Å². The van der Waals surface area contributed by atoms with Gasteiger partial charge < -0.3 is 10.6 Å². The zero-order chi connectivity index (χ0) is 27.8. The number of hydrogen-bond donors (Lipinski definition) is 2. The summed E-state index contributed by atoms with van der Waals surface area (Å²) in [5.74, 6) is -1.46. The lowest BCUT2D eigenvalue weighted by molar-refractivity contribution is -0.348. The van der Waals surface area contributed by atoms with E-state index in [0.29, 0.717) is 12.1 Å². The number of alkyl halides is 7. The molecule has 0 unspecified atom stereocenters. The zero-order valence-electron chi connectivity index (χ0n) is 19.0. The van der Waals surface area contributed by atoms with Crippen LogP contribution in [-0.2, 0) is 5.67 Å². The Morgan fingerprint density at radius 1 is 0.784 bits per heavy atom. The summed E-state index contributed by atoms with van der Waals surface area (Å²) in [6, 6.07) is 9.40. The first kappa shape index (κ1) is 27.9. The molecule has 0 atom stereocenters. The monoisotopic (exact) mass is 547 g/mol. The number of rotatable bonds is 5. The van der Waals surface area contributed by atoms with Crippen LogP contribution in [0, 0.1) is 13.8 Å². The topological polar surface area (TPSA) is 71.1 Å². The van der Waals surface area contributed by atoms with E-state index in [4.69, 9.17) is 11.6 Å². The van der Waals surface area contributed by atoms with Crippen LogP contribution >= 0.6 is 11.6 Å². The molecule has 0 aliphatic carbocycles. The maximum absolute atomic E-state index is 14.5. The average molecular weight is 548 g/mol. The third kappa shape index (κ3) is 5.53. The highest BCUT2D eigenvalue weighted by atomic mass is 35.5. The van der Waals surface area contributed by atoms with Gasteiger partial charge in [0.25, 0.3) is 11.8 Å². The summed E-state index contributed by atoms with van der Waals surface area (Å²) in [5.41, 5.74) is -7.68. The van der Waals surface area contributed by atoms with E-state index < -0.39 is 35.4 Å². The number of hydrogen-bond acceptors (Lipinski definition) is 3. The van der Waals surface area contributed by atoms with Gasteiger partial charge in [-0.15, -0.1) is 0 Å². The molecule has 5 nitrogen and oxygen atoms in total. The molecule has 0 aliphatic rings. The average Bonchev–Trinajstić information content (AvgIpc) is 2.77. The van der Waals surface area contributed by atoms with Crippen molar-refractivity contribution in [3.63, 3.8) is 0 Å². The summed E-state index contributed by atoms with van der Waals surface area (Å²) in [7, 11) is 0. The fourth-order valence-corrected chi connectivity index (χ4v) is 3.84. The molecule has 0 spiro atoms. The number of aryl methyl sites for hydroxylation is 2. The van der Waals surface area contributed by atoms with Crippen LogP contribution in [0.3, 0.4) is 0 Å². The minimum Gasteiger partial charge on any atom is -0.322 e. The van der Waals surface area contributed by atoms with E-state index in [1.807, 2.05) is 0 Å². The number of aromatic nitrogens is 1. The molecular formula is C24H17ClF7N3O2. The highest BCUT2D eigenvalue weighted by molar-refractivity contribution is 6.33. The highest BCUT2D eigenvalue weighted by Gasteiger charge is 2.73. The first-order valence-electron chi connectivity index (χ1n) is 10.3. The molecule has 2 N–H and O–H groups in total. The maximum Gasteiger partial charge on any atom is 0.435 e. The van der Waals surface area contributed by atoms with Gasteiger partial charge in [0.1, 0.15) is 5.15 Å². The van der Waals surface area contributed by atoms with Crippen LogP contribution in [0.5, 0.6) is 0 Å². The SMILES string of the molecule is Cc1cc(C(F)(C(F)(F)F)C(F)(F)F)cc(C)c1C(=O)Nc1cccc(NC(=O)c2cccnc2Cl)c1. The number of nitrogens with zero attached hydrogens (tertiary/aromatic N) is 1. The van der Waals surface area contributed by atoms with E-state index in [1.54, 1.807) is 0 Å². The van der Waals surface area contributed by atoms with Gasteiger partial charge in [-0.3, -0.25) is 9.59 Å². The molecule has 3 rings (SSSR count). The molecule has 0 saturated carbocycles. The Morgan fingerprint density at radius 2 is 1.30 bits per heavy atom. The maximum atomic E-state index is 14.5. The van der Waals surface area contributed by atoms with Gasteiger partial charge in [0, 0.05) is 28.7 Å². The number of carbonyl (C=O) groups excluding carboxylic acids is 2. The van der Waals surface area contributed by atoms with Crippen molar-refractivity contribution in [1.82, 2.24) is 4.98 Å². The predicted octanol–water partition coefficient (Wildman–Crippen LogP) is 7.15. The number of nitrogens with one attached hydrogen (secondary N) is 2. The van der Waals surface area contributed by atoms with E-state index >= 15 is 0 Å². The number of anilines is 2. The van der Waals surface area contributed by atoms with Crippen molar-refractivity contribution in [2.45, 2.75) is 31.9 Å². The fourth-order valence-electron chi connectivity index (χ4n) is 3.63. The molecule has 37 heavy (non-hydrogen) atoms. The van der Waals surface area contributed by atoms with E-state index in [9.17, 15) is 40.3 Å². The summed E-state index contributed by atoms with van der Waals surface area (Å²) >= 11 is 5.89. The molecule has 1 heterocycles. The fraction of sp³-hybridized carbons (Fsp3) is 0.208. The van der Waals surface area contributed by atoms with Gasteiger partial charge in [-0.25, -0.2) is 9.37 Å². The van der Waals surface area contributed by atoms with Crippen LogP contribution in [0.2, 0.25) is 5.15 Å². The molecule has 0 bridgehead atoms. The lowest BCUT2D eigenvalue weighted by Gasteiger charge is -2.31. The molecule has 2 aromatic carbocycles. The lowest BCUT2D eigenvalue weighted by Crippen LogP contribution is -2.50. The Bertz CT molecular complexity index is 1320. The highest BCUT2D eigenvalue weighted by Crippen LogP contribution is 2.53. The van der Waals surface area contributed by atoms with Crippen molar-refractivity contribution >= 4 is 34.8 Å². The van der Waals surface area contributed by atoms with Crippen molar-refractivity contribution in [2.75, 3.05) is 10.6 Å². The minimum absolute atomic E-state index is 0.0350. The van der Waals surface area contributed by atoms with E-state index in [2.05, 4.69) is 15.6 Å². The van der Waals surface area contributed by atoms with Crippen LogP contribution in [-0.4, -0.2) is 29.2 Å². The third-order valence-electron chi connectivity index (χ3n) is 5.32. The van der Waals surface area contributed by atoms with Crippen molar-refractivity contribution < 1.29 is 40.3 Å². The summed E-state index contributed by atoms with van der Waals surface area (Å²) in [5, 5.41) is 4.98. The third-order valence-corrected chi connectivity index (χ3v) is 5.62. The molecule has 0 fully saturated rings. The van der Waals surface area contributed by atoms with Crippen LogP contribution in [0.1, 0.15) is 37.4 Å². The van der Waals surface area contributed by atoms with Crippen molar-refractivity contribution in [2.24, 2.45) is 0 Å². The van der Waals surface area contributed by atoms with E-state index in [-0.39, 0.29) is 38.8 Å². The predicted molar refractivity (Wildman–Crippen MR) is 122 cm³/mol. The Balaban J connectivity index is 1.87. The Kier molecular flexibility index (Phi) is 7.54. The summed E-state index contributed by atoms with van der Waals surface area (Å²) < 4.78 is 93.3. The smallest absolute Gasteiger partial charge is 0.322 e. The molecule has 2 amide bonds. The second kappa shape index (κ2) is 10.0. The lowest BCUT2D eigenvalue weighted by atomic mass is 9.88. The zero-order valence-corrected chi connectivity index (χ0v) is 19.7.